The van der Waals surface area contributed by atoms with Crippen molar-refractivity contribution in [2.24, 2.45) is 5.92 Å². The number of H-pyrrole nitrogens is 1. The van der Waals surface area contributed by atoms with E-state index in [9.17, 15) is 22.8 Å². The van der Waals surface area contributed by atoms with Crippen molar-refractivity contribution in [1.82, 2.24) is 4.98 Å². The molecule has 0 fully saturated rings. The number of carbonyl (C=O) groups excluding carboxylic acids is 1. The van der Waals surface area contributed by atoms with Gasteiger partial charge in [0.15, 0.2) is 0 Å². The van der Waals surface area contributed by atoms with Crippen molar-refractivity contribution >= 4 is 22.6 Å². The average molecular weight is 404 g/mol. The number of aromatic nitrogens is 1. The zero-order valence-electron chi connectivity index (χ0n) is 15.8. The summed E-state index contributed by atoms with van der Waals surface area (Å²) in [5.41, 5.74) is -1.10. The number of fused-ring (bicyclic) bond motifs is 1. The summed E-state index contributed by atoms with van der Waals surface area (Å²) in [5.74, 6) is 0.179. The molecule has 3 rings (SSSR count). The molecule has 0 aliphatic carbocycles. The second kappa shape index (κ2) is 7.98. The Hall–Kier alpha value is -3.29. The molecule has 2 N–H and O–H groups in total. The number of aromatic amines is 1. The van der Waals surface area contributed by atoms with Gasteiger partial charge in [0, 0.05) is 22.3 Å². The topological polar surface area (TPSA) is 71.2 Å². The molecule has 8 heteroatoms. The van der Waals surface area contributed by atoms with E-state index in [0.29, 0.717) is 11.1 Å². The smallest absolute Gasteiger partial charge is 0.417 e. The number of hydrogen-bond acceptors (Lipinski definition) is 3. The predicted octanol–water partition coefficient (Wildman–Crippen LogP) is 5.42. The number of benzene rings is 2. The molecule has 2 aromatic carbocycles. The van der Waals surface area contributed by atoms with Gasteiger partial charge in [-0.15, -0.1) is 0 Å². The number of rotatable bonds is 4. The molecule has 0 aliphatic heterocycles. The summed E-state index contributed by atoms with van der Waals surface area (Å²) >= 11 is 0. The normalized spacial score (nSPS) is 11.7. The third kappa shape index (κ3) is 4.77. The van der Waals surface area contributed by atoms with Gasteiger partial charge in [0.1, 0.15) is 0 Å². The second-order valence-corrected chi connectivity index (χ2v) is 6.97. The number of nitrogens with one attached hydrogen (secondary N) is 2. The maximum Gasteiger partial charge on any atom is 0.417 e. The number of hydrogen-bond donors (Lipinski definition) is 2. The van der Waals surface area contributed by atoms with Crippen LogP contribution in [0.25, 0.3) is 22.0 Å². The van der Waals surface area contributed by atoms with Crippen LogP contribution in [0, 0.1) is 5.92 Å². The van der Waals surface area contributed by atoms with E-state index in [1.54, 1.807) is 12.1 Å². The minimum Gasteiger partial charge on any atom is -0.449 e. The molecule has 0 saturated carbocycles. The van der Waals surface area contributed by atoms with Gasteiger partial charge in [-0.05, 0) is 35.6 Å². The predicted molar refractivity (Wildman–Crippen MR) is 105 cm³/mol. The first kappa shape index (κ1) is 20.4. The molecular weight excluding hydrogens is 385 g/mol. The van der Waals surface area contributed by atoms with Gasteiger partial charge in [-0.2, -0.15) is 13.2 Å². The van der Waals surface area contributed by atoms with E-state index in [2.05, 4.69) is 10.3 Å². The number of alkyl halides is 3. The van der Waals surface area contributed by atoms with E-state index >= 15 is 0 Å². The summed E-state index contributed by atoms with van der Waals surface area (Å²) in [4.78, 5) is 26.8. The van der Waals surface area contributed by atoms with Crippen LogP contribution >= 0.6 is 0 Å². The van der Waals surface area contributed by atoms with Crippen molar-refractivity contribution in [2.75, 3.05) is 11.9 Å². The number of ether oxygens (including phenoxy) is 1. The maximum absolute atomic E-state index is 13.3. The summed E-state index contributed by atoms with van der Waals surface area (Å²) in [6, 6.07) is 11.1. The van der Waals surface area contributed by atoms with E-state index in [1.807, 2.05) is 13.8 Å². The van der Waals surface area contributed by atoms with Crippen molar-refractivity contribution in [3.63, 3.8) is 0 Å². The molecule has 3 aromatic rings. The molecule has 0 spiro atoms. The van der Waals surface area contributed by atoms with Crippen LogP contribution in [0.4, 0.5) is 23.7 Å². The van der Waals surface area contributed by atoms with Gasteiger partial charge in [0.25, 0.3) is 5.56 Å². The minimum absolute atomic E-state index is 0.0625. The van der Waals surface area contributed by atoms with Crippen LogP contribution in [0.5, 0.6) is 0 Å². The Balaban J connectivity index is 1.96. The zero-order chi connectivity index (χ0) is 21.2. The summed E-state index contributed by atoms with van der Waals surface area (Å²) in [7, 11) is 0. The van der Waals surface area contributed by atoms with E-state index in [4.69, 9.17) is 4.74 Å². The van der Waals surface area contributed by atoms with E-state index < -0.39 is 23.4 Å². The van der Waals surface area contributed by atoms with Crippen LogP contribution in [-0.2, 0) is 10.9 Å². The first-order valence-electron chi connectivity index (χ1n) is 8.92. The highest BCUT2D eigenvalue weighted by atomic mass is 19.4. The molecule has 0 unspecified atom stereocenters. The van der Waals surface area contributed by atoms with E-state index in [-0.39, 0.29) is 29.2 Å². The molecule has 0 atom stereocenters. The molecule has 0 radical (unpaired) electrons. The first-order valence-corrected chi connectivity index (χ1v) is 8.92. The van der Waals surface area contributed by atoms with Crippen LogP contribution in [0.1, 0.15) is 19.4 Å². The summed E-state index contributed by atoms with van der Waals surface area (Å²) in [6.07, 6.45) is -5.20. The lowest BCUT2D eigenvalue weighted by Crippen LogP contribution is -2.17. The highest BCUT2D eigenvalue weighted by Gasteiger charge is 2.33. The van der Waals surface area contributed by atoms with Gasteiger partial charge >= 0.3 is 12.3 Å². The fraction of sp³-hybridized carbons (Fsp3) is 0.238. The second-order valence-electron chi connectivity index (χ2n) is 6.97. The van der Waals surface area contributed by atoms with Crippen LogP contribution in [-0.4, -0.2) is 17.7 Å². The van der Waals surface area contributed by atoms with Gasteiger partial charge < -0.3 is 9.72 Å². The fourth-order valence-electron chi connectivity index (χ4n) is 2.84. The number of amides is 1. The molecule has 29 heavy (non-hydrogen) atoms. The van der Waals surface area contributed by atoms with Gasteiger partial charge in [0.2, 0.25) is 0 Å². The molecule has 0 bridgehead atoms. The number of carbonyl (C=O) groups is 1. The minimum atomic E-state index is -4.55. The van der Waals surface area contributed by atoms with Crippen molar-refractivity contribution in [2.45, 2.75) is 20.0 Å². The lowest BCUT2D eigenvalue weighted by molar-refractivity contribution is -0.137. The third-order valence-corrected chi connectivity index (χ3v) is 4.16. The van der Waals surface area contributed by atoms with Gasteiger partial charge in [-0.1, -0.05) is 38.1 Å². The lowest BCUT2D eigenvalue weighted by atomic mass is 10.0. The monoisotopic (exact) mass is 404 g/mol. The summed E-state index contributed by atoms with van der Waals surface area (Å²) < 4.78 is 44.9. The van der Waals surface area contributed by atoms with Crippen molar-refractivity contribution in [3.05, 3.63) is 64.4 Å². The quantitative estimate of drug-likeness (QED) is 0.610. The Bertz CT molecular complexity index is 1100. The highest BCUT2D eigenvalue weighted by Crippen LogP contribution is 2.36. The summed E-state index contributed by atoms with van der Waals surface area (Å²) in [6.45, 7) is 4.05. The summed E-state index contributed by atoms with van der Waals surface area (Å²) in [5, 5.41) is 3.21. The Kier molecular flexibility index (Phi) is 5.63. The van der Waals surface area contributed by atoms with E-state index in [0.717, 1.165) is 6.07 Å². The maximum atomic E-state index is 13.3. The Labute approximate surface area is 164 Å². The SMILES string of the molecule is CC(C)COC(=O)Nc1ccc2cc(-c3ccccc3C(F)(F)F)[nH]c(=O)c2c1. The Morgan fingerprint density at radius 1 is 1.14 bits per heavy atom. The van der Waals surface area contributed by atoms with E-state index in [1.165, 1.54) is 30.3 Å². The standard InChI is InChI=1S/C21H19F3N2O3/c1-12(2)11-29-20(28)25-14-8-7-13-9-18(26-19(27)16(13)10-14)15-5-3-4-6-17(15)21(22,23)24/h3-10,12H,11H2,1-2H3,(H,25,28)(H,26,27). The molecule has 0 saturated heterocycles. The highest BCUT2D eigenvalue weighted by molar-refractivity contribution is 5.92. The molecule has 152 valence electrons. The number of anilines is 1. The molecular formula is C21H19F3N2O3. The zero-order valence-corrected chi connectivity index (χ0v) is 15.8. The van der Waals surface area contributed by atoms with Crippen LogP contribution < -0.4 is 10.9 Å². The average Bonchev–Trinajstić information content (AvgIpc) is 2.66. The van der Waals surface area contributed by atoms with Crippen LogP contribution in [0.15, 0.2) is 53.3 Å². The first-order chi connectivity index (χ1) is 13.6. The molecule has 1 heterocycles. The van der Waals surface area contributed by atoms with Crippen LogP contribution in [0.2, 0.25) is 0 Å². The number of halogens is 3. The fourth-order valence-corrected chi connectivity index (χ4v) is 2.84. The molecule has 5 nitrogen and oxygen atoms in total. The molecule has 0 aliphatic rings. The van der Waals surface area contributed by atoms with Gasteiger partial charge in [0.05, 0.1) is 12.2 Å². The lowest BCUT2D eigenvalue weighted by Gasteiger charge is -2.13. The van der Waals surface area contributed by atoms with Crippen molar-refractivity contribution < 1.29 is 22.7 Å². The number of pyridine rings is 1. The third-order valence-electron chi connectivity index (χ3n) is 4.16. The Morgan fingerprint density at radius 3 is 2.55 bits per heavy atom. The van der Waals surface area contributed by atoms with Crippen molar-refractivity contribution in [1.29, 1.82) is 0 Å². The van der Waals surface area contributed by atoms with Gasteiger partial charge in [-0.3, -0.25) is 10.1 Å². The van der Waals surface area contributed by atoms with Gasteiger partial charge in [-0.25, -0.2) is 4.79 Å². The molecule has 1 amide bonds. The van der Waals surface area contributed by atoms with Crippen LogP contribution in [0.3, 0.4) is 0 Å². The molecule has 1 aromatic heterocycles. The van der Waals surface area contributed by atoms with Crippen molar-refractivity contribution in [3.8, 4) is 11.3 Å². The Morgan fingerprint density at radius 2 is 1.86 bits per heavy atom. The largest absolute Gasteiger partial charge is 0.449 e.